The second-order valence-corrected chi connectivity index (χ2v) is 6.55. The predicted molar refractivity (Wildman–Crippen MR) is 85.2 cm³/mol. The first-order valence-electron chi connectivity index (χ1n) is 8.47. The normalized spacial score (nSPS) is 23.7. The molecule has 0 aromatic carbocycles. The molecule has 1 aliphatic carbocycles. The van der Waals surface area contributed by atoms with Crippen LogP contribution in [0.25, 0.3) is 0 Å². The number of carbonyl (C=O) groups excluding carboxylic acids is 1. The van der Waals surface area contributed by atoms with Crippen molar-refractivity contribution in [3.8, 4) is 0 Å². The minimum absolute atomic E-state index is 0.182. The van der Waals surface area contributed by atoms with Crippen LogP contribution in [0.15, 0.2) is 12.3 Å². The maximum Gasteiger partial charge on any atom is 0.270 e. The van der Waals surface area contributed by atoms with Gasteiger partial charge in [-0.05, 0) is 44.6 Å². The number of rotatable bonds is 3. The highest BCUT2D eigenvalue weighted by molar-refractivity contribution is 5.94. The lowest BCUT2D eigenvalue weighted by Crippen LogP contribution is -2.41. The molecule has 1 saturated carbocycles. The summed E-state index contributed by atoms with van der Waals surface area (Å²) in [5.74, 6) is 0.897. The molecule has 2 N–H and O–H groups in total. The number of aryl methyl sites for hydroxylation is 1. The van der Waals surface area contributed by atoms with Crippen LogP contribution in [-0.4, -0.2) is 28.0 Å². The van der Waals surface area contributed by atoms with Gasteiger partial charge in [-0.3, -0.25) is 4.79 Å². The van der Waals surface area contributed by atoms with Gasteiger partial charge in [0.25, 0.3) is 5.91 Å². The zero-order chi connectivity index (χ0) is 14.8. The number of hydrogen-bond donors (Lipinski definition) is 1. The summed E-state index contributed by atoms with van der Waals surface area (Å²) in [6, 6.07) is 2.29. The van der Waals surface area contributed by atoms with Crippen LogP contribution in [0.5, 0.6) is 0 Å². The third kappa shape index (κ3) is 2.81. The number of carbonyl (C=O) groups is 1. The molecule has 1 aromatic heterocycles. The Morgan fingerprint density at radius 1 is 1.24 bits per heavy atom. The topological polar surface area (TPSA) is 51.3 Å². The predicted octanol–water partition coefficient (Wildman–Crippen LogP) is 3.28. The first kappa shape index (κ1) is 14.5. The van der Waals surface area contributed by atoms with Crippen LogP contribution >= 0.6 is 0 Å². The van der Waals surface area contributed by atoms with Crippen LogP contribution in [-0.2, 0) is 6.54 Å². The van der Waals surface area contributed by atoms with Crippen molar-refractivity contribution in [1.29, 1.82) is 0 Å². The van der Waals surface area contributed by atoms with Crippen LogP contribution < -0.4 is 5.73 Å². The van der Waals surface area contributed by atoms with E-state index in [0.717, 1.165) is 25.2 Å². The molecule has 1 atom stereocenters. The average Bonchev–Trinajstić information content (AvgIpc) is 3.13. The second kappa shape index (κ2) is 6.12. The molecule has 1 amide bonds. The number of nitrogens with two attached hydrogens (primary N) is 1. The minimum Gasteiger partial charge on any atom is -0.397 e. The maximum absolute atomic E-state index is 12.9. The third-order valence-corrected chi connectivity index (χ3v) is 5.23. The van der Waals surface area contributed by atoms with Crippen LogP contribution in [0.1, 0.15) is 62.4 Å². The highest BCUT2D eigenvalue weighted by Gasteiger charge is 2.36. The molecule has 0 bridgehead atoms. The van der Waals surface area contributed by atoms with Crippen molar-refractivity contribution in [1.82, 2.24) is 9.47 Å². The summed E-state index contributed by atoms with van der Waals surface area (Å²) in [5, 5.41) is 0. The van der Waals surface area contributed by atoms with Crippen LogP contribution in [0.4, 0.5) is 5.69 Å². The van der Waals surface area contributed by atoms with Crippen molar-refractivity contribution in [3.05, 3.63) is 18.0 Å². The Morgan fingerprint density at radius 2 is 2.00 bits per heavy atom. The van der Waals surface area contributed by atoms with Crippen molar-refractivity contribution in [2.45, 2.75) is 64.5 Å². The molecule has 0 spiro atoms. The van der Waals surface area contributed by atoms with E-state index < -0.39 is 0 Å². The highest BCUT2D eigenvalue weighted by atomic mass is 16.2. The van der Waals surface area contributed by atoms with Gasteiger partial charge in [-0.2, -0.15) is 0 Å². The van der Waals surface area contributed by atoms with E-state index in [1.807, 2.05) is 16.8 Å². The lowest BCUT2D eigenvalue weighted by atomic mass is 9.83. The fraction of sp³-hybridized carbons (Fsp3) is 0.706. The number of aromatic nitrogens is 1. The molecule has 1 saturated heterocycles. The number of nitrogens with zero attached hydrogens (tertiary/aromatic N) is 2. The molecule has 21 heavy (non-hydrogen) atoms. The average molecular weight is 289 g/mol. The molecule has 0 radical (unpaired) electrons. The van der Waals surface area contributed by atoms with E-state index in [1.165, 1.54) is 38.5 Å². The van der Waals surface area contributed by atoms with Gasteiger partial charge >= 0.3 is 0 Å². The van der Waals surface area contributed by atoms with Gasteiger partial charge in [0.2, 0.25) is 0 Å². The Balaban J connectivity index is 1.79. The number of hydrogen-bond acceptors (Lipinski definition) is 2. The van der Waals surface area contributed by atoms with Crippen molar-refractivity contribution >= 4 is 11.6 Å². The standard InChI is InChI=1S/C17H27N3O/c1-2-19-12-14(18)11-16(19)17(21)20-10-6-9-15(20)13-7-4-3-5-8-13/h11-13,15H,2-10,18H2,1H3. The lowest BCUT2D eigenvalue weighted by molar-refractivity contribution is 0.0651. The van der Waals surface area contributed by atoms with Gasteiger partial charge in [-0.1, -0.05) is 19.3 Å². The van der Waals surface area contributed by atoms with E-state index in [4.69, 9.17) is 5.73 Å². The van der Waals surface area contributed by atoms with E-state index >= 15 is 0 Å². The SMILES string of the molecule is CCn1cc(N)cc1C(=O)N1CCCC1C1CCCCC1. The number of anilines is 1. The third-order valence-electron chi connectivity index (χ3n) is 5.23. The Morgan fingerprint density at radius 3 is 2.71 bits per heavy atom. The molecule has 2 fully saturated rings. The second-order valence-electron chi connectivity index (χ2n) is 6.55. The first-order chi connectivity index (χ1) is 10.2. The molecule has 3 rings (SSSR count). The van der Waals surface area contributed by atoms with Crippen LogP contribution in [0, 0.1) is 5.92 Å². The lowest BCUT2D eigenvalue weighted by Gasteiger charge is -2.34. The van der Waals surface area contributed by atoms with Crippen LogP contribution in [0.2, 0.25) is 0 Å². The van der Waals surface area contributed by atoms with Gasteiger partial charge in [0.1, 0.15) is 5.69 Å². The van der Waals surface area contributed by atoms with E-state index in [9.17, 15) is 4.79 Å². The summed E-state index contributed by atoms with van der Waals surface area (Å²) in [7, 11) is 0. The first-order valence-corrected chi connectivity index (χ1v) is 8.47. The maximum atomic E-state index is 12.9. The molecule has 2 aliphatic rings. The molecule has 4 heteroatoms. The molecule has 4 nitrogen and oxygen atoms in total. The van der Waals surface area contributed by atoms with Crippen molar-refractivity contribution < 1.29 is 4.79 Å². The summed E-state index contributed by atoms with van der Waals surface area (Å²) >= 11 is 0. The molecule has 1 aromatic rings. The van der Waals surface area contributed by atoms with Crippen molar-refractivity contribution in [3.63, 3.8) is 0 Å². The minimum atomic E-state index is 0.182. The monoisotopic (exact) mass is 289 g/mol. The van der Waals surface area contributed by atoms with E-state index in [0.29, 0.717) is 17.6 Å². The van der Waals surface area contributed by atoms with Gasteiger partial charge < -0.3 is 15.2 Å². The van der Waals surface area contributed by atoms with Gasteiger partial charge in [0.05, 0.1) is 5.69 Å². The molecule has 2 heterocycles. The van der Waals surface area contributed by atoms with Gasteiger partial charge in [-0.25, -0.2) is 0 Å². The zero-order valence-corrected chi connectivity index (χ0v) is 13.1. The number of likely N-dealkylation sites (tertiary alicyclic amines) is 1. The van der Waals surface area contributed by atoms with E-state index in [-0.39, 0.29) is 5.91 Å². The van der Waals surface area contributed by atoms with E-state index in [1.54, 1.807) is 0 Å². The molecular formula is C17H27N3O. The van der Waals surface area contributed by atoms with Crippen molar-refractivity contribution in [2.75, 3.05) is 12.3 Å². The van der Waals surface area contributed by atoms with Gasteiger partial charge in [0, 0.05) is 25.3 Å². The Labute approximate surface area is 127 Å². The van der Waals surface area contributed by atoms with Gasteiger partial charge in [-0.15, -0.1) is 0 Å². The largest absolute Gasteiger partial charge is 0.397 e. The van der Waals surface area contributed by atoms with Gasteiger partial charge in [0.15, 0.2) is 0 Å². The number of amides is 1. The molecule has 116 valence electrons. The molecule has 1 aliphatic heterocycles. The summed E-state index contributed by atoms with van der Waals surface area (Å²) in [4.78, 5) is 15.1. The molecular weight excluding hydrogens is 262 g/mol. The highest BCUT2D eigenvalue weighted by Crippen LogP contribution is 2.35. The quantitative estimate of drug-likeness (QED) is 0.928. The summed E-state index contributed by atoms with van der Waals surface area (Å²) in [6.45, 7) is 3.76. The zero-order valence-electron chi connectivity index (χ0n) is 13.1. The van der Waals surface area contributed by atoms with E-state index in [2.05, 4.69) is 11.8 Å². The Hall–Kier alpha value is -1.45. The number of nitrogen functional groups attached to an aromatic ring is 1. The fourth-order valence-corrected chi connectivity index (χ4v) is 4.17. The fourth-order valence-electron chi connectivity index (χ4n) is 4.17. The Kier molecular flexibility index (Phi) is 4.22. The summed E-state index contributed by atoms with van der Waals surface area (Å²) in [6.07, 6.45) is 10.8. The summed E-state index contributed by atoms with van der Waals surface area (Å²) < 4.78 is 1.98. The smallest absolute Gasteiger partial charge is 0.270 e. The molecule has 1 unspecified atom stereocenters. The summed E-state index contributed by atoms with van der Waals surface area (Å²) in [5.41, 5.74) is 7.33. The van der Waals surface area contributed by atoms with Crippen LogP contribution in [0.3, 0.4) is 0 Å². The van der Waals surface area contributed by atoms with Crippen molar-refractivity contribution in [2.24, 2.45) is 5.92 Å². The Bertz CT molecular complexity index is 502.